The second kappa shape index (κ2) is 8.00. The molecule has 0 bridgehead atoms. The Bertz CT molecular complexity index is 968. The van der Waals surface area contributed by atoms with Gasteiger partial charge in [0.15, 0.2) is 6.61 Å². The molecule has 0 saturated carbocycles. The summed E-state index contributed by atoms with van der Waals surface area (Å²) < 4.78 is 7.88. The fourth-order valence-electron chi connectivity index (χ4n) is 2.36. The van der Waals surface area contributed by atoms with Crippen molar-refractivity contribution in [1.82, 2.24) is 9.78 Å². The van der Waals surface area contributed by atoms with Crippen LogP contribution >= 0.6 is 15.9 Å². The Morgan fingerprint density at radius 3 is 2.52 bits per heavy atom. The average molecular weight is 431 g/mol. The minimum atomic E-state index is -0.472. The molecule has 9 heteroatoms. The Kier molecular flexibility index (Phi) is 5.51. The van der Waals surface area contributed by atoms with E-state index in [0.717, 1.165) is 4.47 Å². The second-order valence-corrected chi connectivity index (χ2v) is 6.56. The number of nitrogens with one attached hydrogen (secondary N) is 1. The summed E-state index contributed by atoms with van der Waals surface area (Å²) in [4.78, 5) is 22.5. The number of carbonyl (C=O) groups is 1. The molecule has 1 N–H and O–H groups in total. The first-order chi connectivity index (χ1) is 12.9. The number of anilines is 1. The van der Waals surface area contributed by atoms with Gasteiger partial charge in [0.25, 0.3) is 11.6 Å². The molecule has 0 spiro atoms. The van der Waals surface area contributed by atoms with Gasteiger partial charge in [0.2, 0.25) is 0 Å². The lowest BCUT2D eigenvalue weighted by Crippen LogP contribution is -2.21. The lowest BCUT2D eigenvalue weighted by Gasteiger charge is -2.10. The number of carbonyl (C=O) groups excluding carboxylic acids is 1. The van der Waals surface area contributed by atoms with E-state index in [2.05, 4.69) is 26.3 Å². The molecule has 0 aliphatic rings. The Labute approximate surface area is 163 Å². The minimum Gasteiger partial charge on any atom is -0.484 e. The van der Waals surface area contributed by atoms with Crippen LogP contribution in [0.1, 0.15) is 5.69 Å². The van der Waals surface area contributed by atoms with E-state index < -0.39 is 4.92 Å². The number of nitro benzene ring substituents is 1. The van der Waals surface area contributed by atoms with Crippen LogP contribution in [0.3, 0.4) is 0 Å². The van der Waals surface area contributed by atoms with Crippen molar-refractivity contribution in [2.45, 2.75) is 6.92 Å². The van der Waals surface area contributed by atoms with Crippen LogP contribution in [-0.2, 0) is 4.79 Å². The SMILES string of the molecule is Cc1cc(NC(=O)COc2ccc(Br)cc2)n(-c2ccc([N+](=O)[O-])cc2)n1. The Hall–Kier alpha value is -3.20. The summed E-state index contributed by atoms with van der Waals surface area (Å²) in [6, 6.07) is 14.8. The summed E-state index contributed by atoms with van der Waals surface area (Å²) >= 11 is 3.33. The van der Waals surface area contributed by atoms with E-state index in [1.54, 1.807) is 37.3 Å². The Balaban J connectivity index is 1.70. The highest BCUT2D eigenvalue weighted by Gasteiger charge is 2.13. The lowest BCUT2D eigenvalue weighted by molar-refractivity contribution is -0.384. The number of ether oxygens (including phenoxy) is 1. The van der Waals surface area contributed by atoms with Gasteiger partial charge in [-0.3, -0.25) is 14.9 Å². The molecule has 3 aromatic rings. The van der Waals surface area contributed by atoms with Crippen molar-refractivity contribution >= 4 is 33.3 Å². The number of nitro groups is 1. The van der Waals surface area contributed by atoms with E-state index >= 15 is 0 Å². The summed E-state index contributed by atoms with van der Waals surface area (Å²) in [5.41, 5.74) is 1.27. The number of halogens is 1. The molecule has 3 rings (SSSR count). The third-order valence-corrected chi connectivity index (χ3v) is 4.12. The summed E-state index contributed by atoms with van der Waals surface area (Å²) in [5.74, 6) is 0.681. The molecular formula is C18H15BrN4O4. The monoisotopic (exact) mass is 430 g/mol. The van der Waals surface area contributed by atoms with Crippen molar-refractivity contribution in [1.29, 1.82) is 0 Å². The largest absolute Gasteiger partial charge is 0.484 e. The highest BCUT2D eigenvalue weighted by molar-refractivity contribution is 9.10. The van der Waals surface area contributed by atoms with Gasteiger partial charge in [0.05, 0.1) is 16.3 Å². The van der Waals surface area contributed by atoms with Crippen molar-refractivity contribution in [2.24, 2.45) is 0 Å². The maximum Gasteiger partial charge on any atom is 0.269 e. The van der Waals surface area contributed by atoms with Crippen LogP contribution in [0.4, 0.5) is 11.5 Å². The number of non-ortho nitro benzene ring substituents is 1. The number of hydrogen-bond donors (Lipinski definition) is 1. The molecule has 0 aliphatic heterocycles. The molecule has 1 amide bonds. The van der Waals surface area contributed by atoms with Crippen molar-refractivity contribution in [3.63, 3.8) is 0 Å². The Morgan fingerprint density at radius 2 is 1.89 bits per heavy atom. The highest BCUT2D eigenvalue weighted by Crippen LogP contribution is 2.20. The third-order valence-electron chi connectivity index (χ3n) is 3.59. The average Bonchev–Trinajstić information content (AvgIpc) is 3.01. The molecule has 0 fully saturated rings. The van der Waals surface area contributed by atoms with E-state index in [4.69, 9.17) is 4.74 Å². The normalized spacial score (nSPS) is 10.4. The first-order valence-electron chi connectivity index (χ1n) is 7.92. The minimum absolute atomic E-state index is 0.0175. The van der Waals surface area contributed by atoms with Crippen LogP contribution in [0.15, 0.2) is 59.1 Å². The van der Waals surface area contributed by atoms with Gasteiger partial charge in [-0.15, -0.1) is 0 Å². The van der Waals surface area contributed by atoms with E-state index in [1.807, 2.05) is 12.1 Å². The van der Waals surface area contributed by atoms with Crippen LogP contribution in [0.25, 0.3) is 5.69 Å². The number of nitrogens with zero attached hydrogens (tertiary/aromatic N) is 3. The second-order valence-electron chi connectivity index (χ2n) is 5.65. The summed E-state index contributed by atoms with van der Waals surface area (Å²) in [5, 5.41) is 17.8. The zero-order valence-electron chi connectivity index (χ0n) is 14.3. The van der Waals surface area contributed by atoms with E-state index in [1.165, 1.54) is 16.8 Å². The maximum absolute atomic E-state index is 12.2. The predicted octanol–water partition coefficient (Wildman–Crippen LogP) is 3.87. The van der Waals surface area contributed by atoms with Gasteiger partial charge in [-0.05, 0) is 43.3 Å². The van der Waals surface area contributed by atoms with Gasteiger partial charge in [0, 0.05) is 22.7 Å². The van der Waals surface area contributed by atoms with Gasteiger partial charge < -0.3 is 10.1 Å². The van der Waals surface area contributed by atoms with Crippen LogP contribution < -0.4 is 10.1 Å². The molecule has 0 saturated heterocycles. The van der Waals surface area contributed by atoms with Crippen LogP contribution in [0.2, 0.25) is 0 Å². The molecule has 0 aliphatic carbocycles. The van der Waals surface area contributed by atoms with Gasteiger partial charge in [0.1, 0.15) is 11.6 Å². The molecule has 0 unspecified atom stereocenters. The highest BCUT2D eigenvalue weighted by atomic mass is 79.9. The zero-order chi connectivity index (χ0) is 19.4. The standard InChI is InChI=1S/C18H15BrN4O4/c1-12-10-17(20-18(24)11-27-16-8-2-13(19)3-9-16)22(21-12)14-4-6-15(7-5-14)23(25)26/h2-10H,11H2,1H3,(H,20,24). The number of rotatable bonds is 6. The maximum atomic E-state index is 12.2. The molecule has 0 atom stereocenters. The zero-order valence-corrected chi connectivity index (χ0v) is 15.8. The first kappa shape index (κ1) is 18.6. The first-order valence-corrected chi connectivity index (χ1v) is 8.71. The molecule has 1 aromatic heterocycles. The van der Waals surface area contributed by atoms with Gasteiger partial charge >= 0.3 is 0 Å². The quantitative estimate of drug-likeness (QED) is 0.472. The van der Waals surface area contributed by atoms with E-state index in [9.17, 15) is 14.9 Å². The number of amides is 1. The Morgan fingerprint density at radius 1 is 1.22 bits per heavy atom. The lowest BCUT2D eigenvalue weighted by atomic mass is 10.3. The molecule has 138 valence electrons. The predicted molar refractivity (Wildman–Crippen MR) is 103 cm³/mol. The van der Waals surface area contributed by atoms with E-state index in [0.29, 0.717) is 22.9 Å². The number of benzene rings is 2. The van der Waals surface area contributed by atoms with E-state index in [-0.39, 0.29) is 18.2 Å². The number of hydrogen-bond acceptors (Lipinski definition) is 5. The molecule has 0 radical (unpaired) electrons. The summed E-state index contributed by atoms with van der Waals surface area (Å²) in [6.45, 7) is 1.63. The number of aryl methyl sites for hydroxylation is 1. The topological polar surface area (TPSA) is 99.3 Å². The number of aromatic nitrogens is 2. The molecule has 1 heterocycles. The summed E-state index contributed by atoms with van der Waals surface area (Å²) in [6.07, 6.45) is 0. The van der Waals surface area contributed by atoms with Gasteiger partial charge in [-0.2, -0.15) is 5.10 Å². The van der Waals surface area contributed by atoms with Crippen molar-refractivity contribution in [3.05, 3.63) is 74.9 Å². The molecule has 2 aromatic carbocycles. The van der Waals surface area contributed by atoms with Crippen molar-refractivity contribution < 1.29 is 14.5 Å². The smallest absolute Gasteiger partial charge is 0.269 e. The van der Waals surface area contributed by atoms with Crippen molar-refractivity contribution in [2.75, 3.05) is 11.9 Å². The van der Waals surface area contributed by atoms with Crippen molar-refractivity contribution in [3.8, 4) is 11.4 Å². The molecular weight excluding hydrogens is 416 g/mol. The fraction of sp³-hybridized carbons (Fsp3) is 0.111. The van der Waals surface area contributed by atoms with Crippen LogP contribution in [0, 0.1) is 17.0 Å². The summed E-state index contributed by atoms with van der Waals surface area (Å²) in [7, 11) is 0. The fourth-order valence-corrected chi connectivity index (χ4v) is 2.62. The molecule has 27 heavy (non-hydrogen) atoms. The van der Waals surface area contributed by atoms with Crippen LogP contribution in [-0.4, -0.2) is 27.2 Å². The van der Waals surface area contributed by atoms with Crippen LogP contribution in [0.5, 0.6) is 5.75 Å². The third kappa shape index (κ3) is 4.70. The van der Waals surface area contributed by atoms with Gasteiger partial charge in [-0.1, -0.05) is 15.9 Å². The van der Waals surface area contributed by atoms with Gasteiger partial charge in [-0.25, -0.2) is 4.68 Å². The molecule has 8 nitrogen and oxygen atoms in total.